The summed E-state index contributed by atoms with van der Waals surface area (Å²) in [5, 5.41) is 7.02. The summed E-state index contributed by atoms with van der Waals surface area (Å²) in [6, 6.07) is 14.0. The molecule has 0 unspecified atom stereocenters. The highest BCUT2D eigenvalue weighted by atomic mass is 32.1. The van der Waals surface area contributed by atoms with E-state index in [-0.39, 0.29) is 0 Å². The average Bonchev–Trinajstić information content (AvgIpc) is 3.12. The van der Waals surface area contributed by atoms with Crippen LogP contribution in [0.3, 0.4) is 0 Å². The predicted octanol–water partition coefficient (Wildman–Crippen LogP) is 4.97. The number of methoxy groups -OCH3 is 1. The van der Waals surface area contributed by atoms with E-state index in [4.69, 9.17) is 9.47 Å². The predicted molar refractivity (Wildman–Crippen MR) is 108 cm³/mol. The molecule has 0 spiro atoms. The fourth-order valence-electron chi connectivity index (χ4n) is 2.38. The highest BCUT2D eigenvalue weighted by Crippen LogP contribution is 2.28. The van der Waals surface area contributed by atoms with Gasteiger partial charge in [-0.3, -0.25) is 5.43 Å². The molecule has 0 aliphatic rings. The van der Waals surface area contributed by atoms with Crippen LogP contribution in [0.5, 0.6) is 11.5 Å². The number of rotatable bonds is 7. The number of aryl methyl sites for hydroxylation is 1. The molecule has 5 nitrogen and oxygen atoms in total. The number of nitrogens with zero attached hydrogens (tertiary/aromatic N) is 2. The second-order valence-corrected chi connectivity index (χ2v) is 6.48. The molecule has 0 bridgehead atoms. The number of hydrogen-bond donors (Lipinski definition) is 1. The number of ether oxygens (including phenoxy) is 2. The molecule has 1 aromatic heterocycles. The molecular weight excluding hydrogens is 346 g/mol. The molecule has 2 aromatic carbocycles. The Bertz CT molecular complexity index is 888. The summed E-state index contributed by atoms with van der Waals surface area (Å²) in [4.78, 5) is 4.56. The fourth-order valence-corrected chi connectivity index (χ4v) is 3.05. The smallest absolute Gasteiger partial charge is 0.203 e. The molecule has 0 atom stereocenters. The maximum absolute atomic E-state index is 5.52. The van der Waals surface area contributed by atoms with Crippen LogP contribution in [0.2, 0.25) is 0 Å². The van der Waals surface area contributed by atoms with E-state index in [0.717, 1.165) is 27.7 Å². The first-order valence-electron chi connectivity index (χ1n) is 8.32. The van der Waals surface area contributed by atoms with Crippen LogP contribution in [0.4, 0.5) is 5.13 Å². The van der Waals surface area contributed by atoms with Crippen LogP contribution >= 0.6 is 11.3 Å². The average molecular weight is 367 g/mol. The minimum atomic E-state index is 0.596. The van der Waals surface area contributed by atoms with Gasteiger partial charge in [0.25, 0.3) is 0 Å². The molecule has 0 aliphatic carbocycles. The van der Waals surface area contributed by atoms with Crippen molar-refractivity contribution in [2.75, 3.05) is 19.1 Å². The molecule has 1 heterocycles. The largest absolute Gasteiger partial charge is 0.493 e. The number of aromatic nitrogens is 1. The van der Waals surface area contributed by atoms with Crippen LogP contribution < -0.4 is 14.9 Å². The SMILES string of the molecule is CCOc1ccc(/C=N\Nc2nc(-c3ccc(C)cc3)cs2)cc1OC. The van der Waals surface area contributed by atoms with Crippen molar-refractivity contribution in [2.45, 2.75) is 13.8 Å². The minimum Gasteiger partial charge on any atom is -0.493 e. The maximum atomic E-state index is 5.52. The third-order valence-electron chi connectivity index (χ3n) is 3.71. The summed E-state index contributed by atoms with van der Waals surface area (Å²) >= 11 is 1.52. The summed E-state index contributed by atoms with van der Waals surface area (Å²) in [7, 11) is 1.62. The van der Waals surface area contributed by atoms with E-state index in [2.05, 4.69) is 46.7 Å². The van der Waals surface area contributed by atoms with Gasteiger partial charge >= 0.3 is 0 Å². The van der Waals surface area contributed by atoms with Crippen molar-refractivity contribution < 1.29 is 9.47 Å². The van der Waals surface area contributed by atoms with Crippen molar-refractivity contribution in [1.29, 1.82) is 0 Å². The Morgan fingerprint density at radius 3 is 2.69 bits per heavy atom. The van der Waals surface area contributed by atoms with Crippen molar-refractivity contribution >= 4 is 22.7 Å². The standard InChI is InChI=1S/C20H21N3O2S/c1-4-25-18-10-7-15(11-19(18)24-3)12-21-23-20-22-17(13-26-20)16-8-5-14(2)6-9-16/h5-13H,4H2,1-3H3,(H,22,23)/b21-12-. The van der Waals surface area contributed by atoms with Crippen molar-refractivity contribution in [3.8, 4) is 22.8 Å². The van der Waals surface area contributed by atoms with Crippen molar-refractivity contribution in [3.05, 3.63) is 59.0 Å². The summed E-state index contributed by atoms with van der Waals surface area (Å²) in [6.45, 7) is 4.61. The summed E-state index contributed by atoms with van der Waals surface area (Å²) in [5.74, 6) is 1.41. The fraction of sp³-hybridized carbons (Fsp3) is 0.200. The van der Waals surface area contributed by atoms with Crippen LogP contribution in [0.15, 0.2) is 52.9 Å². The van der Waals surface area contributed by atoms with Crippen LogP contribution in [0.1, 0.15) is 18.1 Å². The summed E-state index contributed by atoms with van der Waals surface area (Å²) in [5.41, 5.74) is 7.16. The highest BCUT2D eigenvalue weighted by molar-refractivity contribution is 7.14. The Balaban J connectivity index is 1.66. The molecule has 26 heavy (non-hydrogen) atoms. The third-order valence-corrected chi connectivity index (χ3v) is 4.46. The lowest BCUT2D eigenvalue weighted by Gasteiger charge is -2.09. The maximum Gasteiger partial charge on any atom is 0.203 e. The molecule has 0 saturated heterocycles. The topological polar surface area (TPSA) is 55.7 Å². The van der Waals surface area contributed by atoms with Gasteiger partial charge in [-0.05, 0) is 37.6 Å². The zero-order chi connectivity index (χ0) is 18.4. The van der Waals surface area contributed by atoms with Gasteiger partial charge in [-0.15, -0.1) is 11.3 Å². The van der Waals surface area contributed by atoms with E-state index >= 15 is 0 Å². The summed E-state index contributed by atoms with van der Waals surface area (Å²) in [6.07, 6.45) is 1.73. The molecule has 6 heteroatoms. The summed E-state index contributed by atoms with van der Waals surface area (Å²) < 4.78 is 10.9. The van der Waals surface area contributed by atoms with Gasteiger partial charge in [0, 0.05) is 10.9 Å². The molecule has 3 aromatic rings. The highest BCUT2D eigenvalue weighted by Gasteiger charge is 2.05. The second kappa shape index (κ2) is 8.49. The van der Waals surface area contributed by atoms with E-state index in [9.17, 15) is 0 Å². The molecule has 0 saturated carbocycles. The van der Waals surface area contributed by atoms with Crippen molar-refractivity contribution in [2.24, 2.45) is 5.10 Å². The Labute approximate surface area is 157 Å². The van der Waals surface area contributed by atoms with E-state index in [1.54, 1.807) is 13.3 Å². The number of thiazole rings is 1. The first-order valence-corrected chi connectivity index (χ1v) is 9.20. The number of hydrogen-bond acceptors (Lipinski definition) is 6. The number of hydrazone groups is 1. The van der Waals surface area contributed by atoms with E-state index in [1.165, 1.54) is 16.9 Å². The van der Waals surface area contributed by atoms with Gasteiger partial charge in [0.1, 0.15) is 0 Å². The van der Waals surface area contributed by atoms with Gasteiger partial charge in [-0.2, -0.15) is 5.10 Å². The molecule has 0 radical (unpaired) electrons. The number of anilines is 1. The van der Waals surface area contributed by atoms with E-state index < -0.39 is 0 Å². The normalized spacial score (nSPS) is 10.9. The molecule has 134 valence electrons. The van der Waals surface area contributed by atoms with Gasteiger partial charge in [-0.25, -0.2) is 4.98 Å². The third kappa shape index (κ3) is 4.40. The quantitative estimate of drug-likeness (QED) is 0.473. The van der Waals surface area contributed by atoms with Gasteiger partial charge in [0.2, 0.25) is 5.13 Å². The molecule has 3 rings (SSSR count). The number of nitrogens with one attached hydrogen (secondary N) is 1. The first kappa shape index (κ1) is 17.9. The van der Waals surface area contributed by atoms with Crippen LogP contribution in [-0.2, 0) is 0 Å². The molecule has 0 aliphatic heterocycles. The Morgan fingerprint density at radius 2 is 1.96 bits per heavy atom. The zero-order valence-corrected chi connectivity index (χ0v) is 15.8. The van der Waals surface area contributed by atoms with Gasteiger partial charge in [-0.1, -0.05) is 29.8 Å². The monoisotopic (exact) mass is 367 g/mol. The van der Waals surface area contributed by atoms with Crippen LogP contribution in [0.25, 0.3) is 11.3 Å². The lowest BCUT2D eigenvalue weighted by Crippen LogP contribution is -1.96. The zero-order valence-electron chi connectivity index (χ0n) is 15.0. The second-order valence-electron chi connectivity index (χ2n) is 5.62. The van der Waals surface area contributed by atoms with Gasteiger partial charge in [0.15, 0.2) is 11.5 Å². The lowest BCUT2D eigenvalue weighted by molar-refractivity contribution is 0.311. The van der Waals surface area contributed by atoms with Crippen LogP contribution in [-0.4, -0.2) is 24.9 Å². The van der Waals surface area contributed by atoms with Crippen LogP contribution in [0, 0.1) is 6.92 Å². The van der Waals surface area contributed by atoms with E-state index in [0.29, 0.717) is 12.4 Å². The molecule has 1 N–H and O–H groups in total. The molecule has 0 fully saturated rings. The van der Waals surface area contributed by atoms with E-state index in [1.807, 2.05) is 30.5 Å². The van der Waals surface area contributed by atoms with Crippen molar-refractivity contribution in [1.82, 2.24) is 4.98 Å². The Hall–Kier alpha value is -2.86. The van der Waals surface area contributed by atoms with Gasteiger partial charge < -0.3 is 9.47 Å². The van der Waals surface area contributed by atoms with Gasteiger partial charge in [0.05, 0.1) is 25.6 Å². The Morgan fingerprint density at radius 1 is 1.15 bits per heavy atom. The first-order chi connectivity index (χ1) is 12.7. The minimum absolute atomic E-state index is 0.596. The van der Waals surface area contributed by atoms with Crippen molar-refractivity contribution in [3.63, 3.8) is 0 Å². The molecule has 0 amide bonds. The molecular formula is C20H21N3O2S. The lowest BCUT2D eigenvalue weighted by atomic mass is 10.1. The number of benzene rings is 2. The Kier molecular flexibility index (Phi) is 5.86.